The van der Waals surface area contributed by atoms with E-state index >= 15 is 0 Å². The van der Waals surface area contributed by atoms with Crippen LogP contribution in [0.15, 0.2) is 38.2 Å². The topological polar surface area (TPSA) is 67.5 Å². The molecule has 0 aliphatic heterocycles. The smallest absolute Gasteiger partial charge is 0.351 e. The fourth-order valence-corrected chi connectivity index (χ4v) is 2.08. The summed E-state index contributed by atoms with van der Waals surface area (Å²) in [5.74, 6) is -0.674. The molecule has 2 rings (SSSR count). The lowest BCUT2D eigenvalue weighted by Crippen LogP contribution is -2.12. The van der Waals surface area contributed by atoms with Crippen LogP contribution in [0, 0.1) is 6.92 Å². The number of carbonyl (C=O) groups is 1. The SMILES string of the molecule is Cc1cc(O)c(C(=O)C=Cc2ccsc2)c(=O)o1. The summed E-state index contributed by atoms with van der Waals surface area (Å²) >= 11 is 1.50. The molecular weight excluding hydrogens is 252 g/mol. The van der Waals surface area contributed by atoms with E-state index in [0.29, 0.717) is 0 Å². The minimum Gasteiger partial charge on any atom is -0.507 e. The number of allylic oxidation sites excluding steroid dienone is 1. The zero-order valence-corrected chi connectivity index (χ0v) is 10.4. The number of rotatable bonds is 3. The van der Waals surface area contributed by atoms with Gasteiger partial charge in [0.15, 0.2) is 5.78 Å². The van der Waals surface area contributed by atoms with Gasteiger partial charge in [-0.2, -0.15) is 11.3 Å². The first-order valence-corrected chi connectivity index (χ1v) is 6.10. The van der Waals surface area contributed by atoms with Gasteiger partial charge in [-0.05, 0) is 35.4 Å². The van der Waals surface area contributed by atoms with Crippen molar-refractivity contribution in [2.24, 2.45) is 0 Å². The van der Waals surface area contributed by atoms with Gasteiger partial charge in [0, 0.05) is 6.07 Å². The molecule has 0 amide bonds. The average molecular weight is 262 g/mol. The minimum atomic E-state index is -0.826. The van der Waals surface area contributed by atoms with E-state index in [1.165, 1.54) is 30.4 Å². The maximum atomic E-state index is 11.8. The van der Waals surface area contributed by atoms with Crippen molar-refractivity contribution in [1.82, 2.24) is 0 Å². The first kappa shape index (κ1) is 12.3. The first-order valence-electron chi connectivity index (χ1n) is 5.16. The standard InChI is InChI=1S/C13H10O4S/c1-8-6-11(15)12(13(16)17-8)10(14)3-2-9-4-5-18-7-9/h2-7,15H,1H3. The minimum absolute atomic E-state index is 0.260. The van der Waals surface area contributed by atoms with Gasteiger partial charge >= 0.3 is 5.63 Å². The highest BCUT2D eigenvalue weighted by molar-refractivity contribution is 7.08. The van der Waals surface area contributed by atoms with Crippen LogP contribution in [0.4, 0.5) is 0 Å². The largest absolute Gasteiger partial charge is 0.507 e. The zero-order chi connectivity index (χ0) is 13.1. The van der Waals surface area contributed by atoms with E-state index in [1.54, 1.807) is 6.08 Å². The maximum Gasteiger partial charge on any atom is 0.351 e. The predicted octanol–water partition coefficient (Wildman–Crippen LogP) is 2.61. The molecule has 18 heavy (non-hydrogen) atoms. The molecule has 0 atom stereocenters. The number of hydrogen-bond acceptors (Lipinski definition) is 5. The Kier molecular flexibility index (Phi) is 3.43. The lowest BCUT2D eigenvalue weighted by molar-refractivity contribution is 0.104. The molecule has 5 heteroatoms. The Morgan fingerprint density at radius 1 is 1.50 bits per heavy atom. The first-order chi connectivity index (χ1) is 8.58. The van der Waals surface area contributed by atoms with E-state index in [1.807, 2.05) is 16.8 Å². The van der Waals surface area contributed by atoms with Crippen LogP contribution in [-0.4, -0.2) is 10.9 Å². The van der Waals surface area contributed by atoms with Gasteiger partial charge in [0.05, 0.1) is 0 Å². The Balaban J connectivity index is 2.33. The molecule has 0 aliphatic rings. The second-order valence-corrected chi connectivity index (χ2v) is 4.44. The fourth-order valence-electron chi connectivity index (χ4n) is 1.45. The second-order valence-electron chi connectivity index (χ2n) is 3.66. The molecule has 4 nitrogen and oxygen atoms in total. The van der Waals surface area contributed by atoms with Crippen LogP contribution >= 0.6 is 11.3 Å². The Hall–Kier alpha value is -2.14. The van der Waals surface area contributed by atoms with Gasteiger partial charge in [0.1, 0.15) is 17.1 Å². The summed E-state index contributed by atoms with van der Waals surface area (Å²) in [7, 11) is 0. The Morgan fingerprint density at radius 3 is 2.89 bits per heavy atom. The maximum absolute atomic E-state index is 11.8. The molecule has 0 spiro atoms. The summed E-state index contributed by atoms with van der Waals surface area (Å²) in [6.45, 7) is 1.52. The van der Waals surface area contributed by atoms with Gasteiger partial charge in [-0.3, -0.25) is 4.79 Å². The van der Waals surface area contributed by atoms with Crippen LogP contribution in [0.5, 0.6) is 5.75 Å². The molecule has 1 N–H and O–H groups in total. The molecule has 0 bridgehead atoms. The van der Waals surface area contributed by atoms with E-state index in [2.05, 4.69) is 0 Å². The normalized spacial score (nSPS) is 10.9. The quantitative estimate of drug-likeness (QED) is 0.682. The van der Waals surface area contributed by atoms with Crippen molar-refractivity contribution in [3.8, 4) is 5.75 Å². The number of aryl methyl sites for hydroxylation is 1. The van der Waals surface area contributed by atoms with E-state index in [4.69, 9.17) is 4.42 Å². The van der Waals surface area contributed by atoms with Gasteiger partial charge in [-0.15, -0.1) is 0 Å². The van der Waals surface area contributed by atoms with E-state index in [-0.39, 0.29) is 17.1 Å². The van der Waals surface area contributed by atoms with Crippen molar-refractivity contribution in [2.45, 2.75) is 6.92 Å². The molecule has 0 saturated heterocycles. The van der Waals surface area contributed by atoms with E-state index < -0.39 is 11.4 Å². The average Bonchev–Trinajstić information content (AvgIpc) is 2.77. The number of carbonyl (C=O) groups excluding carboxylic acids is 1. The molecule has 0 saturated carbocycles. The lowest BCUT2D eigenvalue weighted by Gasteiger charge is -1.99. The molecule has 0 aliphatic carbocycles. The van der Waals surface area contributed by atoms with Crippen molar-refractivity contribution in [3.05, 3.63) is 56.3 Å². The Labute approximate surface area is 107 Å². The number of aromatic hydroxyl groups is 1. The van der Waals surface area contributed by atoms with E-state index in [9.17, 15) is 14.7 Å². The third-order valence-corrected chi connectivity index (χ3v) is 2.97. The third-order valence-electron chi connectivity index (χ3n) is 2.27. The van der Waals surface area contributed by atoms with E-state index in [0.717, 1.165) is 5.56 Å². The summed E-state index contributed by atoms with van der Waals surface area (Å²) in [5.41, 5.74) is -0.302. The summed E-state index contributed by atoms with van der Waals surface area (Å²) < 4.78 is 4.78. The lowest BCUT2D eigenvalue weighted by atomic mass is 10.1. The van der Waals surface area contributed by atoms with Crippen molar-refractivity contribution < 1.29 is 14.3 Å². The zero-order valence-electron chi connectivity index (χ0n) is 9.54. The van der Waals surface area contributed by atoms with Crippen LogP contribution in [0.2, 0.25) is 0 Å². The highest BCUT2D eigenvalue weighted by atomic mass is 32.1. The van der Waals surface area contributed by atoms with Crippen molar-refractivity contribution in [1.29, 1.82) is 0 Å². The van der Waals surface area contributed by atoms with Gasteiger partial charge in [-0.25, -0.2) is 4.79 Å². The van der Waals surface area contributed by atoms with Crippen molar-refractivity contribution in [3.63, 3.8) is 0 Å². The number of ketones is 1. The van der Waals surface area contributed by atoms with Crippen LogP contribution in [-0.2, 0) is 0 Å². The van der Waals surface area contributed by atoms with Crippen molar-refractivity contribution >= 4 is 23.2 Å². The molecule has 2 aromatic rings. The van der Waals surface area contributed by atoms with Gasteiger partial charge < -0.3 is 9.52 Å². The highest BCUT2D eigenvalue weighted by Crippen LogP contribution is 2.16. The molecule has 2 aromatic heterocycles. The summed E-state index contributed by atoms with van der Waals surface area (Å²) in [6, 6.07) is 3.08. The number of thiophene rings is 1. The molecule has 92 valence electrons. The molecule has 0 radical (unpaired) electrons. The molecule has 0 fully saturated rings. The summed E-state index contributed by atoms with van der Waals surface area (Å²) in [5, 5.41) is 13.3. The highest BCUT2D eigenvalue weighted by Gasteiger charge is 2.15. The molecule has 0 aromatic carbocycles. The third kappa shape index (κ3) is 2.57. The van der Waals surface area contributed by atoms with Gasteiger partial charge in [-0.1, -0.05) is 6.08 Å². The fraction of sp³-hybridized carbons (Fsp3) is 0.0769. The Morgan fingerprint density at radius 2 is 2.28 bits per heavy atom. The van der Waals surface area contributed by atoms with Crippen molar-refractivity contribution in [2.75, 3.05) is 0 Å². The predicted molar refractivity (Wildman–Crippen MR) is 69.1 cm³/mol. The Bertz CT molecular complexity index is 650. The van der Waals surface area contributed by atoms with Crippen LogP contribution < -0.4 is 5.63 Å². The molecule has 2 heterocycles. The summed E-state index contributed by atoms with van der Waals surface area (Å²) in [6.07, 6.45) is 2.82. The summed E-state index contributed by atoms with van der Waals surface area (Å²) in [4.78, 5) is 23.3. The molecular formula is C13H10O4S. The van der Waals surface area contributed by atoms with Gasteiger partial charge in [0.2, 0.25) is 0 Å². The molecule has 0 unspecified atom stereocenters. The van der Waals surface area contributed by atoms with Gasteiger partial charge in [0.25, 0.3) is 0 Å². The van der Waals surface area contributed by atoms with Crippen LogP contribution in [0.3, 0.4) is 0 Å². The van der Waals surface area contributed by atoms with Crippen LogP contribution in [0.25, 0.3) is 6.08 Å². The number of hydrogen-bond donors (Lipinski definition) is 1. The van der Waals surface area contributed by atoms with Crippen LogP contribution in [0.1, 0.15) is 21.7 Å². The monoisotopic (exact) mass is 262 g/mol. The second kappa shape index (κ2) is 5.01.